The fraction of sp³-hybridized carbons (Fsp3) is 0.643. The summed E-state index contributed by atoms with van der Waals surface area (Å²) in [5.41, 5.74) is 6.86. The highest BCUT2D eigenvalue weighted by atomic mass is 79.9. The van der Waals surface area contributed by atoms with Gasteiger partial charge in [0.15, 0.2) is 5.75 Å². The molecule has 1 heterocycles. The Labute approximate surface area is 117 Å². The van der Waals surface area contributed by atoms with E-state index in [1.54, 1.807) is 12.4 Å². The summed E-state index contributed by atoms with van der Waals surface area (Å²) in [5.74, 6) is 1.43. The van der Waals surface area contributed by atoms with E-state index >= 15 is 0 Å². The van der Waals surface area contributed by atoms with Crippen LogP contribution in [0.3, 0.4) is 0 Å². The Balaban J connectivity index is 2.14. The van der Waals surface area contributed by atoms with E-state index in [4.69, 9.17) is 10.5 Å². The number of aromatic nitrogens is 1. The lowest BCUT2D eigenvalue weighted by atomic mass is 9.71. The molecule has 18 heavy (non-hydrogen) atoms. The molecule has 0 aromatic carbocycles. The van der Waals surface area contributed by atoms with Crippen molar-refractivity contribution in [3.63, 3.8) is 0 Å². The molecule has 0 aliphatic heterocycles. The van der Waals surface area contributed by atoms with Crippen LogP contribution in [0.4, 0.5) is 5.69 Å². The Hall–Kier alpha value is -0.770. The lowest BCUT2D eigenvalue weighted by molar-refractivity contribution is 0.0562. The van der Waals surface area contributed by atoms with Crippen LogP contribution in [0.1, 0.15) is 40.0 Å². The number of rotatable bonds is 2. The van der Waals surface area contributed by atoms with E-state index in [0.717, 1.165) is 23.1 Å². The van der Waals surface area contributed by atoms with Crippen molar-refractivity contribution in [2.24, 2.45) is 11.3 Å². The zero-order valence-corrected chi connectivity index (χ0v) is 12.8. The third kappa shape index (κ3) is 3.16. The molecule has 1 aromatic heterocycles. The minimum Gasteiger partial charge on any atom is -0.487 e. The van der Waals surface area contributed by atoms with E-state index in [1.165, 1.54) is 6.42 Å². The Morgan fingerprint density at radius 1 is 1.39 bits per heavy atom. The number of anilines is 1. The molecule has 2 rings (SSSR count). The molecule has 0 radical (unpaired) electrons. The van der Waals surface area contributed by atoms with E-state index in [9.17, 15) is 0 Å². The monoisotopic (exact) mass is 312 g/mol. The molecular formula is C14H21BrN2O. The maximum Gasteiger partial charge on any atom is 0.159 e. The first-order valence-corrected chi connectivity index (χ1v) is 7.22. The van der Waals surface area contributed by atoms with Gasteiger partial charge >= 0.3 is 0 Å². The quantitative estimate of drug-likeness (QED) is 0.897. The first-order chi connectivity index (χ1) is 8.37. The van der Waals surface area contributed by atoms with Crippen LogP contribution >= 0.6 is 15.9 Å². The second kappa shape index (κ2) is 5.08. The third-order valence-corrected chi connectivity index (χ3v) is 4.08. The summed E-state index contributed by atoms with van der Waals surface area (Å²) < 4.78 is 6.94. The van der Waals surface area contributed by atoms with Gasteiger partial charge in [-0.2, -0.15) is 0 Å². The summed E-state index contributed by atoms with van der Waals surface area (Å²) >= 11 is 3.45. The van der Waals surface area contributed by atoms with Gasteiger partial charge in [0, 0.05) is 6.20 Å². The molecular weight excluding hydrogens is 292 g/mol. The molecule has 1 saturated carbocycles. The molecule has 0 spiro atoms. The molecule has 1 aromatic rings. The minimum absolute atomic E-state index is 0.241. The van der Waals surface area contributed by atoms with Crippen molar-refractivity contribution >= 4 is 21.6 Å². The van der Waals surface area contributed by atoms with Crippen LogP contribution in [0.2, 0.25) is 0 Å². The van der Waals surface area contributed by atoms with Crippen molar-refractivity contribution in [2.75, 3.05) is 5.73 Å². The molecule has 0 bridgehead atoms. The second-order valence-corrected chi connectivity index (χ2v) is 7.05. The first-order valence-electron chi connectivity index (χ1n) is 6.43. The molecule has 4 heteroatoms. The Morgan fingerprint density at radius 3 is 2.72 bits per heavy atom. The van der Waals surface area contributed by atoms with Gasteiger partial charge in [-0.25, -0.2) is 0 Å². The van der Waals surface area contributed by atoms with Gasteiger partial charge in [-0.05, 0) is 46.5 Å². The number of ether oxygens (including phenoxy) is 1. The van der Waals surface area contributed by atoms with Crippen molar-refractivity contribution in [3.05, 3.63) is 16.9 Å². The summed E-state index contributed by atoms with van der Waals surface area (Å²) in [5, 5.41) is 0. The van der Waals surface area contributed by atoms with Gasteiger partial charge in [-0.1, -0.05) is 20.8 Å². The van der Waals surface area contributed by atoms with Gasteiger partial charge in [0.1, 0.15) is 0 Å². The van der Waals surface area contributed by atoms with Gasteiger partial charge in [-0.3, -0.25) is 4.98 Å². The van der Waals surface area contributed by atoms with E-state index < -0.39 is 0 Å². The molecule has 1 aliphatic rings. The van der Waals surface area contributed by atoms with E-state index in [0.29, 0.717) is 17.0 Å². The molecule has 2 atom stereocenters. The van der Waals surface area contributed by atoms with Crippen LogP contribution in [0.25, 0.3) is 0 Å². The van der Waals surface area contributed by atoms with Crippen molar-refractivity contribution in [2.45, 2.75) is 46.1 Å². The zero-order valence-electron chi connectivity index (χ0n) is 11.2. The standard InChI is InChI=1S/C14H21BrN2O/c1-9-4-10(6-14(2,3)5-9)18-13-11(15)7-17-8-12(13)16/h7-10H,4-6,16H2,1-3H3. The molecule has 2 unspecified atom stereocenters. The van der Waals surface area contributed by atoms with Gasteiger partial charge in [-0.15, -0.1) is 0 Å². The van der Waals surface area contributed by atoms with Gasteiger partial charge in [0.25, 0.3) is 0 Å². The van der Waals surface area contributed by atoms with Crippen molar-refractivity contribution in [1.82, 2.24) is 4.98 Å². The average molecular weight is 313 g/mol. The Morgan fingerprint density at radius 2 is 2.11 bits per heavy atom. The smallest absolute Gasteiger partial charge is 0.159 e. The molecule has 100 valence electrons. The van der Waals surface area contributed by atoms with Crippen LogP contribution in [0.5, 0.6) is 5.75 Å². The Kier molecular flexibility index (Phi) is 3.85. The Bertz CT molecular complexity index is 414. The van der Waals surface area contributed by atoms with Gasteiger partial charge in [0.2, 0.25) is 0 Å². The lowest BCUT2D eigenvalue weighted by Gasteiger charge is -2.39. The predicted octanol–water partition coefficient (Wildman–Crippen LogP) is 4.02. The molecule has 3 nitrogen and oxygen atoms in total. The number of hydrogen-bond acceptors (Lipinski definition) is 3. The topological polar surface area (TPSA) is 48.1 Å². The maximum atomic E-state index is 6.11. The molecule has 1 aliphatic carbocycles. The predicted molar refractivity (Wildman–Crippen MR) is 77.6 cm³/mol. The largest absolute Gasteiger partial charge is 0.487 e. The van der Waals surface area contributed by atoms with Crippen LogP contribution in [-0.4, -0.2) is 11.1 Å². The first kappa shape index (κ1) is 13.7. The van der Waals surface area contributed by atoms with Gasteiger partial charge in [0.05, 0.1) is 22.5 Å². The zero-order chi connectivity index (χ0) is 13.3. The van der Waals surface area contributed by atoms with Crippen molar-refractivity contribution in [1.29, 1.82) is 0 Å². The number of halogens is 1. The second-order valence-electron chi connectivity index (χ2n) is 6.19. The van der Waals surface area contributed by atoms with Gasteiger partial charge < -0.3 is 10.5 Å². The minimum atomic E-state index is 0.241. The molecule has 0 saturated heterocycles. The number of nitrogens with two attached hydrogens (primary N) is 1. The van der Waals surface area contributed by atoms with Crippen LogP contribution < -0.4 is 10.5 Å². The van der Waals surface area contributed by atoms with Crippen molar-refractivity contribution in [3.8, 4) is 5.75 Å². The summed E-state index contributed by atoms with van der Waals surface area (Å²) in [4.78, 5) is 4.03. The lowest BCUT2D eigenvalue weighted by Crippen LogP contribution is -2.34. The van der Waals surface area contributed by atoms with E-state index in [2.05, 4.69) is 41.7 Å². The average Bonchev–Trinajstić information content (AvgIpc) is 2.21. The van der Waals surface area contributed by atoms with E-state index in [1.807, 2.05) is 0 Å². The summed E-state index contributed by atoms with van der Waals surface area (Å²) in [6, 6.07) is 0. The number of nitrogens with zero attached hydrogens (tertiary/aromatic N) is 1. The highest BCUT2D eigenvalue weighted by molar-refractivity contribution is 9.10. The maximum absolute atomic E-state index is 6.11. The summed E-state index contributed by atoms with van der Waals surface area (Å²) in [7, 11) is 0. The normalized spacial score (nSPS) is 26.9. The van der Waals surface area contributed by atoms with Crippen LogP contribution in [0, 0.1) is 11.3 Å². The molecule has 1 fully saturated rings. The molecule has 2 N–H and O–H groups in total. The van der Waals surface area contributed by atoms with Crippen LogP contribution in [-0.2, 0) is 0 Å². The fourth-order valence-electron chi connectivity index (χ4n) is 3.08. The summed E-state index contributed by atoms with van der Waals surface area (Å²) in [6.45, 7) is 6.91. The third-order valence-electron chi connectivity index (χ3n) is 3.51. The number of nitrogen functional groups attached to an aromatic ring is 1. The fourth-order valence-corrected chi connectivity index (χ4v) is 3.52. The highest BCUT2D eigenvalue weighted by Crippen LogP contribution is 2.41. The van der Waals surface area contributed by atoms with Crippen LogP contribution in [0.15, 0.2) is 16.9 Å². The SMILES string of the molecule is CC1CC(Oc2c(N)cncc2Br)CC(C)(C)C1. The molecule has 0 amide bonds. The number of hydrogen-bond donors (Lipinski definition) is 1. The van der Waals surface area contributed by atoms with Crippen molar-refractivity contribution < 1.29 is 4.74 Å². The number of pyridine rings is 1. The highest BCUT2D eigenvalue weighted by Gasteiger charge is 2.33. The summed E-state index contributed by atoms with van der Waals surface area (Å²) in [6.07, 6.45) is 7.04. The van der Waals surface area contributed by atoms with E-state index in [-0.39, 0.29) is 6.10 Å².